The third kappa shape index (κ3) is 11.9. The van der Waals surface area contributed by atoms with Crippen molar-refractivity contribution in [2.75, 3.05) is 72.7 Å². The highest BCUT2D eigenvalue weighted by Gasteiger charge is 2.26. The Bertz CT molecular complexity index is 2210. The Balaban J connectivity index is 0.975. The van der Waals surface area contributed by atoms with E-state index in [1.165, 1.54) is 17.8 Å². The number of hydrogen-bond acceptors (Lipinski definition) is 10. The summed E-state index contributed by atoms with van der Waals surface area (Å²) < 4.78 is 36.1. The first-order chi connectivity index (χ1) is 29.8. The van der Waals surface area contributed by atoms with Crippen LogP contribution in [0.5, 0.6) is 0 Å². The largest absolute Gasteiger partial charge is 0.378 e. The molecule has 2 saturated heterocycles. The van der Waals surface area contributed by atoms with Crippen LogP contribution in [0.15, 0.2) is 133 Å². The van der Waals surface area contributed by atoms with Crippen LogP contribution < -0.4 is 25.3 Å². The normalized spacial score (nSPS) is 18.7. The van der Waals surface area contributed by atoms with Gasteiger partial charge in [0.1, 0.15) is 11.6 Å². The fourth-order valence-corrected chi connectivity index (χ4v) is 8.49. The number of piperidine rings is 1. The number of anilines is 4. The molecule has 0 bridgehead atoms. The molecule has 9 nitrogen and oxygen atoms in total. The monoisotopic (exact) mass is 859 g/mol. The van der Waals surface area contributed by atoms with Gasteiger partial charge < -0.3 is 24.7 Å². The topological polar surface area (TPSA) is 74.3 Å². The van der Waals surface area contributed by atoms with Crippen LogP contribution in [0, 0.1) is 17.6 Å². The number of piperazine rings is 1. The number of aromatic nitrogens is 1. The molecule has 3 N–H and O–H groups in total. The molecule has 2 aromatic carbocycles. The van der Waals surface area contributed by atoms with Crippen LogP contribution in [0.2, 0.25) is 0 Å². The van der Waals surface area contributed by atoms with Crippen molar-refractivity contribution in [1.82, 2.24) is 19.6 Å². The molecule has 3 aliphatic rings. The summed E-state index contributed by atoms with van der Waals surface area (Å²) >= 11 is 1.34. The number of pyridine rings is 1. The van der Waals surface area contributed by atoms with Gasteiger partial charge in [0, 0.05) is 110 Å². The van der Waals surface area contributed by atoms with E-state index in [0.29, 0.717) is 39.6 Å². The molecule has 12 heteroatoms. The van der Waals surface area contributed by atoms with E-state index in [0.717, 1.165) is 112 Å². The predicted molar refractivity (Wildman–Crippen MR) is 261 cm³/mol. The number of nitrogens with one attached hydrogen (secondary N) is 3. The van der Waals surface area contributed by atoms with Crippen LogP contribution in [0.1, 0.15) is 64.0 Å². The van der Waals surface area contributed by atoms with E-state index in [1.807, 2.05) is 74.7 Å². The molecular formula is C50H63F2N9S. The highest BCUT2D eigenvalue weighted by Crippen LogP contribution is 2.35. The third-order valence-electron chi connectivity index (χ3n) is 11.9. The Kier molecular flexibility index (Phi) is 15.9. The summed E-state index contributed by atoms with van der Waals surface area (Å²) in [5.41, 5.74) is 12.0. The second-order valence-corrected chi connectivity index (χ2v) is 17.6. The number of allylic oxidation sites excluding steroid dienone is 7. The maximum atomic E-state index is 15.7. The smallest absolute Gasteiger partial charge is 0.154 e. The summed E-state index contributed by atoms with van der Waals surface area (Å²) in [7, 11) is 1.94. The first kappa shape index (κ1) is 45.9. The van der Waals surface area contributed by atoms with Crippen LogP contribution in [0.25, 0.3) is 11.1 Å². The van der Waals surface area contributed by atoms with E-state index in [-0.39, 0.29) is 17.7 Å². The van der Waals surface area contributed by atoms with Gasteiger partial charge in [0.05, 0.1) is 17.6 Å². The van der Waals surface area contributed by atoms with Gasteiger partial charge in [-0.2, -0.15) is 5.10 Å². The van der Waals surface area contributed by atoms with Gasteiger partial charge in [-0.15, -0.1) is 6.58 Å². The Labute approximate surface area is 372 Å². The van der Waals surface area contributed by atoms with Gasteiger partial charge >= 0.3 is 0 Å². The summed E-state index contributed by atoms with van der Waals surface area (Å²) in [6.07, 6.45) is 12.0. The van der Waals surface area contributed by atoms with Gasteiger partial charge in [0.15, 0.2) is 5.82 Å². The van der Waals surface area contributed by atoms with E-state index >= 15 is 8.78 Å². The van der Waals surface area contributed by atoms with Gasteiger partial charge in [0.25, 0.3) is 0 Å². The minimum Gasteiger partial charge on any atom is -0.378 e. The van der Waals surface area contributed by atoms with Crippen LogP contribution in [0.3, 0.4) is 0 Å². The lowest BCUT2D eigenvalue weighted by Gasteiger charge is -2.39. The zero-order valence-electron chi connectivity index (χ0n) is 37.0. The van der Waals surface area contributed by atoms with E-state index in [2.05, 4.69) is 68.2 Å². The minimum atomic E-state index is -0.382. The number of hydrogen-bond donors (Lipinski definition) is 3. The zero-order valence-corrected chi connectivity index (χ0v) is 37.8. The van der Waals surface area contributed by atoms with Crippen molar-refractivity contribution in [2.24, 2.45) is 11.0 Å². The fourth-order valence-electron chi connectivity index (χ4n) is 7.95. The Morgan fingerprint density at radius 3 is 2.40 bits per heavy atom. The SMILES string of the molecule is C=C(C)CCC(Nc1ccc(N2CCC(CC(=C)N3CCN(c4ccc(C5=C/C(=C)/C(C(=C)c6cccc(NSN(C)CC)c6F)=C\N/N=C\5)cn4)CC3)CC2)c(F)c1)C(=C)C. The van der Waals surface area contributed by atoms with Crippen molar-refractivity contribution in [1.29, 1.82) is 0 Å². The van der Waals surface area contributed by atoms with Crippen molar-refractivity contribution in [2.45, 2.75) is 58.9 Å². The van der Waals surface area contributed by atoms with Crippen molar-refractivity contribution < 1.29 is 8.78 Å². The molecule has 4 heterocycles. The predicted octanol–water partition coefficient (Wildman–Crippen LogP) is 11.1. The van der Waals surface area contributed by atoms with Gasteiger partial charge in [0.2, 0.25) is 0 Å². The van der Waals surface area contributed by atoms with E-state index in [1.54, 1.807) is 30.6 Å². The summed E-state index contributed by atoms with van der Waals surface area (Å²) in [4.78, 5) is 11.8. The number of hydrazone groups is 1. The molecule has 0 saturated carbocycles. The molecule has 2 fully saturated rings. The quantitative estimate of drug-likeness (QED) is 0.0856. The molecule has 0 aliphatic carbocycles. The molecule has 3 aliphatic heterocycles. The van der Waals surface area contributed by atoms with E-state index in [4.69, 9.17) is 4.98 Å². The van der Waals surface area contributed by atoms with Crippen LogP contribution in [0.4, 0.5) is 31.7 Å². The van der Waals surface area contributed by atoms with Crippen LogP contribution in [-0.4, -0.2) is 79.3 Å². The highest BCUT2D eigenvalue weighted by atomic mass is 32.2. The average Bonchev–Trinajstić information content (AvgIpc) is 3.26. The van der Waals surface area contributed by atoms with Gasteiger partial charge in [-0.1, -0.05) is 56.5 Å². The standard InChI is InChI=1S/C50H63F2N9S/c1-10-58(9)62-57-47-13-11-12-43(50(47)52)38(8)44-33-55-54-32-41(28-36(44)6)40-15-19-49(53-31-40)61-26-24-59(25-27-61)37(7)29-39-20-22-60(23-21-39)48-18-16-42(30-45(48)51)56-46(35(4)5)17-14-34(2)3/h11-13,15-16,18-19,28,30-33,39,46,55-57H,2,4,6-8,10,14,17,20-27,29H2,1,3,5,9H3/b41-28+,44-33+,54-32-. The lowest BCUT2D eigenvalue weighted by atomic mass is 9.91. The Morgan fingerprint density at radius 1 is 0.984 bits per heavy atom. The second kappa shape index (κ2) is 21.5. The summed E-state index contributed by atoms with van der Waals surface area (Å²) in [6, 6.07) is 14.9. The summed E-state index contributed by atoms with van der Waals surface area (Å²) in [5.74, 6) is 0.867. The number of rotatable bonds is 18. The molecule has 3 aromatic rings. The molecule has 0 radical (unpaired) electrons. The maximum absolute atomic E-state index is 15.7. The van der Waals surface area contributed by atoms with Gasteiger partial charge in [-0.3, -0.25) is 5.43 Å². The summed E-state index contributed by atoms with van der Waals surface area (Å²) in [6.45, 7) is 33.2. The lowest BCUT2D eigenvalue weighted by Crippen LogP contribution is -2.46. The van der Waals surface area contributed by atoms with E-state index in [9.17, 15) is 0 Å². The number of nitrogens with zero attached hydrogens (tertiary/aromatic N) is 6. The average molecular weight is 860 g/mol. The first-order valence-electron chi connectivity index (χ1n) is 21.6. The summed E-state index contributed by atoms with van der Waals surface area (Å²) in [5, 5.41) is 7.84. The Hall–Kier alpha value is -5.59. The molecule has 0 amide bonds. The minimum absolute atomic E-state index is 0.0775. The molecule has 328 valence electrons. The van der Waals surface area contributed by atoms with E-state index < -0.39 is 0 Å². The Morgan fingerprint density at radius 2 is 1.74 bits per heavy atom. The van der Waals surface area contributed by atoms with Crippen LogP contribution >= 0.6 is 12.1 Å². The number of benzene rings is 2. The van der Waals surface area contributed by atoms with Crippen molar-refractivity contribution in [3.05, 3.63) is 151 Å². The number of halogens is 2. The van der Waals surface area contributed by atoms with Crippen LogP contribution in [-0.2, 0) is 0 Å². The fraction of sp³-hybridized carbons (Fsp3) is 0.360. The molecule has 0 spiro atoms. The van der Waals surface area contributed by atoms with Gasteiger partial charge in [-0.25, -0.2) is 18.1 Å². The second-order valence-electron chi connectivity index (χ2n) is 16.6. The molecular weight excluding hydrogens is 797 g/mol. The van der Waals surface area contributed by atoms with Crippen molar-refractivity contribution >= 4 is 52.4 Å². The van der Waals surface area contributed by atoms with Crippen molar-refractivity contribution in [3.63, 3.8) is 0 Å². The van der Waals surface area contributed by atoms with Gasteiger partial charge in [-0.05, 0) is 113 Å². The maximum Gasteiger partial charge on any atom is 0.154 e. The molecule has 1 atom stereocenters. The zero-order chi connectivity index (χ0) is 44.3. The first-order valence-corrected chi connectivity index (χ1v) is 22.4. The molecule has 62 heavy (non-hydrogen) atoms. The third-order valence-corrected chi connectivity index (χ3v) is 12.8. The molecule has 1 aromatic heterocycles. The van der Waals surface area contributed by atoms with Crippen molar-refractivity contribution in [3.8, 4) is 0 Å². The molecule has 6 rings (SSSR count). The lowest BCUT2D eigenvalue weighted by molar-refractivity contribution is 0.285. The highest BCUT2D eigenvalue weighted by molar-refractivity contribution is 7.98. The molecule has 1 unspecified atom stereocenters.